The Kier molecular flexibility index (Phi) is 5.17. The molecule has 5 nitrogen and oxygen atoms in total. The number of carbonyl (C=O) groups is 2. The smallest absolute Gasteiger partial charge is 0.307 e. The summed E-state index contributed by atoms with van der Waals surface area (Å²) in [6.45, 7) is 4.03. The summed E-state index contributed by atoms with van der Waals surface area (Å²) in [6, 6.07) is 0. The summed E-state index contributed by atoms with van der Waals surface area (Å²) in [4.78, 5) is 25.6. The van der Waals surface area contributed by atoms with Crippen LogP contribution in [0.1, 0.15) is 32.6 Å². The number of aliphatic carboxylic acids is 1. The lowest BCUT2D eigenvalue weighted by atomic mass is 9.82. The van der Waals surface area contributed by atoms with Gasteiger partial charge in [-0.05, 0) is 32.6 Å². The highest BCUT2D eigenvalue weighted by Gasteiger charge is 2.37. The van der Waals surface area contributed by atoms with E-state index in [0.717, 1.165) is 12.8 Å². The number of amides is 1. The molecular weight excluding hydrogens is 258 g/mol. The largest absolute Gasteiger partial charge is 0.481 e. The molecule has 2 atom stereocenters. The molecule has 1 amide bonds. The predicted molar refractivity (Wildman–Crippen MR) is 74.2 cm³/mol. The van der Waals surface area contributed by atoms with Crippen LogP contribution in [-0.4, -0.2) is 47.7 Å². The summed E-state index contributed by atoms with van der Waals surface area (Å²) in [5, 5.41) is 9.24. The van der Waals surface area contributed by atoms with Crippen LogP contribution in [0.15, 0.2) is 12.2 Å². The van der Waals surface area contributed by atoms with E-state index in [0.29, 0.717) is 32.5 Å². The third-order valence-electron chi connectivity index (χ3n) is 4.22. The van der Waals surface area contributed by atoms with Crippen LogP contribution >= 0.6 is 0 Å². The van der Waals surface area contributed by atoms with Crippen LogP contribution in [0.2, 0.25) is 0 Å². The number of hydrogen-bond acceptors (Lipinski definition) is 3. The van der Waals surface area contributed by atoms with Gasteiger partial charge >= 0.3 is 5.97 Å². The molecule has 0 aromatic heterocycles. The van der Waals surface area contributed by atoms with Gasteiger partial charge in [-0.25, -0.2) is 0 Å². The summed E-state index contributed by atoms with van der Waals surface area (Å²) in [7, 11) is 0. The van der Waals surface area contributed by atoms with Crippen LogP contribution in [0.4, 0.5) is 0 Å². The van der Waals surface area contributed by atoms with Gasteiger partial charge in [-0.15, -0.1) is 0 Å². The molecule has 1 saturated heterocycles. The van der Waals surface area contributed by atoms with Gasteiger partial charge in [0.15, 0.2) is 0 Å². The van der Waals surface area contributed by atoms with Crippen molar-refractivity contribution in [1.29, 1.82) is 0 Å². The van der Waals surface area contributed by atoms with Crippen LogP contribution < -0.4 is 0 Å². The highest BCUT2D eigenvalue weighted by molar-refractivity contribution is 5.85. The molecule has 0 bridgehead atoms. The van der Waals surface area contributed by atoms with Crippen molar-refractivity contribution in [2.24, 2.45) is 11.8 Å². The average molecular weight is 281 g/mol. The van der Waals surface area contributed by atoms with Crippen molar-refractivity contribution in [3.63, 3.8) is 0 Å². The second kappa shape index (κ2) is 6.88. The van der Waals surface area contributed by atoms with Crippen molar-refractivity contribution in [3.05, 3.63) is 12.2 Å². The van der Waals surface area contributed by atoms with Crippen LogP contribution in [0, 0.1) is 11.8 Å². The van der Waals surface area contributed by atoms with Crippen LogP contribution in [0.5, 0.6) is 0 Å². The summed E-state index contributed by atoms with van der Waals surface area (Å²) < 4.78 is 5.57. The number of nitrogens with zero attached hydrogens (tertiary/aromatic N) is 1. The minimum Gasteiger partial charge on any atom is -0.481 e. The molecule has 2 rings (SSSR count). The Labute approximate surface area is 119 Å². The molecule has 0 radical (unpaired) electrons. The molecule has 20 heavy (non-hydrogen) atoms. The van der Waals surface area contributed by atoms with Gasteiger partial charge in [0.05, 0.1) is 17.9 Å². The molecule has 2 unspecified atom stereocenters. The van der Waals surface area contributed by atoms with E-state index in [1.165, 1.54) is 0 Å². The van der Waals surface area contributed by atoms with Crippen molar-refractivity contribution in [1.82, 2.24) is 4.90 Å². The maximum atomic E-state index is 12.5. The van der Waals surface area contributed by atoms with Crippen molar-refractivity contribution in [2.75, 3.05) is 19.7 Å². The van der Waals surface area contributed by atoms with E-state index in [4.69, 9.17) is 4.74 Å². The standard InChI is InChI=1S/C15H23NO4/c1-2-20-11-7-9-16(10-8-11)14(17)12-5-3-4-6-13(12)15(18)19/h3-4,11-13H,2,5-10H2,1H3,(H,18,19). The van der Waals surface area contributed by atoms with Crippen LogP contribution in [0.3, 0.4) is 0 Å². The molecule has 0 aromatic carbocycles. The Balaban J connectivity index is 1.94. The second-order valence-corrected chi connectivity index (χ2v) is 5.47. The number of carboxylic acids is 1. The fraction of sp³-hybridized carbons (Fsp3) is 0.733. The number of allylic oxidation sites excluding steroid dienone is 2. The molecule has 2 aliphatic rings. The number of ether oxygens (including phenoxy) is 1. The van der Waals surface area contributed by atoms with E-state index in [1.54, 1.807) is 0 Å². The quantitative estimate of drug-likeness (QED) is 0.796. The minimum absolute atomic E-state index is 0.00306. The van der Waals surface area contributed by atoms with Gasteiger partial charge in [-0.3, -0.25) is 9.59 Å². The number of carbonyl (C=O) groups excluding carboxylic acids is 1. The number of likely N-dealkylation sites (tertiary alicyclic amines) is 1. The lowest BCUT2D eigenvalue weighted by Gasteiger charge is -2.35. The average Bonchev–Trinajstić information content (AvgIpc) is 2.47. The Hall–Kier alpha value is -1.36. The molecular formula is C15H23NO4. The highest BCUT2D eigenvalue weighted by atomic mass is 16.5. The molecule has 1 heterocycles. The first kappa shape index (κ1) is 15.0. The number of carboxylic acid groups (broad SMARTS) is 1. The van der Waals surface area contributed by atoms with Crippen molar-refractivity contribution < 1.29 is 19.4 Å². The minimum atomic E-state index is -0.864. The van der Waals surface area contributed by atoms with E-state index in [-0.39, 0.29) is 12.0 Å². The van der Waals surface area contributed by atoms with Gasteiger partial charge in [0.25, 0.3) is 0 Å². The molecule has 0 spiro atoms. The summed E-state index contributed by atoms with van der Waals surface area (Å²) in [5.41, 5.74) is 0. The van der Waals surface area contributed by atoms with E-state index < -0.39 is 17.8 Å². The zero-order valence-corrected chi connectivity index (χ0v) is 12.0. The van der Waals surface area contributed by atoms with Crippen LogP contribution in [0.25, 0.3) is 0 Å². The van der Waals surface area contributed by atoms with Gasteiger partial charge in [-0.1, -0.05) is 12.2 Å². The first-order chi connectivity index (χ1) is 9.63. The van der Waals surface area contributed by atoms with Crippen molar-refractivity contribution in [2.45, 2.75) is 38.7 Å². The molecule has 1 fully saturated rings. The topological polar surface area (TPSA) is 66.8 Å². The molecule has 0 saturated carbocycles. The fourth-order valence-corrected chi connectivity index (χ4v) is 3.07. The van der Waals surface area contributed by atoms with E-state index in [1.807, 2.05) is 24.0 Å². The Bertz CT molecular complexity index is 385. The Morgan fingerprint density at radius 1 is 1.20 bits per heavy atom. The first-order valence-corrected chi connectivity index (χ1v) is 7.41. The predicted octanol–water partition coefficient (Wildman–Crippen LogP) is 1.68. The van der Waals surface area contributed by atoms with Crippen molar-refractivity contribution >= 4 is 11.9 Å². The summed E-state index contributed by atoms with van der Waals surface area (Å²) in [6.07, 6.45) is 6.73. The summed E-state index contributed by atoms with van der Waals surface area (Å²) in [5.74, 6) is -1.84. The molecule has 1 aliphatic carbocycles. The highest BCUT2D eigenvalue weighted by Crippen LogP contribution is 2.29. The zero-order valence-electron chi connectivity index (χ0n) is 12.0. The number of rotatable bonds is 4. The first-order valence-electron chi connectivity index (χ1n) is 7.41. The monoisotopic (exact) mass is 281 g/mol. The van der Waals surface area contributed by atoms with Crippen LogP contribution in [-0.2, 0) is 14.3 Å². The fourth-order valence-electron chi connectivity index (χ4n) is 3.07. The Morgan fingerprint density at radius 3 is 2.35 bits per heavy atom. The van der Waals surface area contributed by atoms with Gasteiger partial charge in [0.2, 0.25) is 5.91 Å². The molecule has 1 N–H and O–H groups in total. The normalized spacial score (nSPS) is 27.6. The lowest BCUT2D eigenvalue weighted by Crippen LogP contribution is -2.46. The maximum absolute atomic E-state index is 12.5. The Morgan fingerprint density at radius 2 is 1.80 bits per heavy atom. The second-order valence-electron chi connectivity index (χ2n) is 5.47. The lowest BCUT2D eigenvalue weighted by molar-refractivity contribution is -0.151. The molecule has 0 aromatic rings. The van der Waals surface area contributed by atoms with Gasteiger partial charge < -0.3 is 14.7 Å². The van der Waals surface area contributed by atoms with E-state index in [9.17, 15) is 14.7 Å². The SMILES string of the molecule is CCOC1CCN(C(=O)C2CC=CCC2C(=O)O)CC1. The number of hydrogen-bond donors (Lipinski definition) is 1. The van der Waals surface area contributed by atoms with Gasteiger partial charge in [0.1, 0.15) is 0 Å². The number of piperidine rings is 1. The third-order valence-corrected chi connectivity index (χ3v) is 4.22. The molecule has 1 aliphatic heterocycles. The summed E-state index contributed by atoms with van der Waals surface area (Å²) >= 11 is 0. The van der Waals surface area contributed by atoms with Gasteiger partial charge in [-0.2, -0.15) is 0 Å². The van der Waals surface area contributed by atoms with E-state index in [2.05, 4.69) is 0 Å². The maximum Gasteiger partial charge on any atom is 0.307 e. The zero-order chi connectivity index (χ0) is 14.5. The van der Waals surface area contributed by atoms with E-state index >= 15 is 0 Å². The molecule has 5 heteroatoms. The third kappa shape index (κ3) is 3.39. The molecule has 112 valence electrons. The van der Waals surface area contributed by atoms with Gasteiger partial charge in [0, 0.05) is 19.7 Å². The van der Waals surface area contributed by atoms with Crippen molar-refractivity contribution in [3.8, 4) is 0 Å².